The predicted octanol–water partition coefficient (Wildman–Crippen LogP) is 5.79. The highest BCUT2D eigenvalue weighted by Gasteiger charge is 2.18. The first-order chi connectivity index (χ1) is 9.02. The van der Waals surface area contributed by atoms with Crippen LogP contribution in [0.25, 0.3) is 0 Å². The Hall–Kier alpha value is -0.700. The summed E-state index contributed by atoms with van der Waals surface area (Å²) >= 11 is 16.0. The zero-order valence-corrected chi connectivity index (χ0v) is 13.7. The van der Waals surface area contributed by atoms with E-state index in [2.05, 4.69) is 15.9 Å². The molecule has 0 heterocycles. The monoisotopic (exact) mass is 358 g/mol. The fraction of sp³-hybridized carbons (Fsp3) is 0.200. The van der Waals surface area contributed by atoms with Crippen LogP contribution in [0.1, 0.15) is 21.5 Å². The van der Waals surface area contributed by atoms with E-state index >= 15 is 0 Å². The molecule has 0 N–H and O–H groups in total. The van der Waals surface area contributed by atoms with Crippen molar-refractivity contribution in [3.8, 4) is 5.75 Å². The lowest BCUT2D eigenvalue weighted by Gasteiger charge is -2.16. The van der Waals surface area contributed by atoms with Crippen LogP contribution in [0.2, 0.25) is 10.0 Å². The van der Waals surface area contributed by atoms with Crippen LogP contribution in [-0.2, 0) is 0 Å². The van der Waals surface area contributed by atoms with Gasteiger partial charge in [-0.3, -0.25) is 0 Å². The zero-order valence-electron chi connectivity index (χ0n) is 10.6. The topological polar surface area (TPSA) is 9.23 Å². The SMILES string of the molecule is COc1ccc(Cl)cc1C(Br)c1ccc(C)cc1Cl. The number of halogens is 3. The molecule has 1 unspecified atom stereocenters. The minimum atomic E-state index is -0.0609. The molecule has 100 valence electrons. The van der Waals surface area contributed by atoms with Gasteiger partial charge in [0.05, 0.1) is 11.9 Å². The third kappa shape index (κ3) is 3.25. The van der Waals surface area contributed by atoms with Crippen LogP contribution in [0.5, 0.6) is 5.75 Å². The van der Waals surface area contributed by atoms with Gasteiger partial charge in [0.15, 0.2) is 0 Å². The van der Waals surface area contributed by atoms with Gasteiger partial charge in [-0.1, -0.05) is 51.3 Å². The Bertz CT molecular complexity index is 599. The highest BCUT2D eigenvalue weighted by molar-refractivity contribution is 9.09. The second-order valence-corrected chi connectivity index (χ2v) is 6.03. The van der Waals surface area contributed by atoms with Crippen LogP contribution >= 0.6 is 39.1 Å². The molecule has 0 aromatic heterocycles. The number of methoxy groups -OCH3 is 1. The van der Waals surface area contributed by atoms with Crippen molar-refractivity contribution in [2.24, 2.45) is 0 Å². The summed E-state index contributed by atoms with van der Waals surface area (Å²) in [6.07, 6.45) is 0. The van der Waals surface area contributed by atoms with Crippen LogP contribution in [0.4, 0.5) is 0 Å². The Morgan fingerprint density at radius 3 is 2.42 bits per heavy atom. The van der Waals surface area contributed by atoms with Crippen molar-refractivity contribution in [1.29, 1.82) is 0 Å². The van der Waals surface area contributed by atoms with Gasteiger partial charge in [0.1, 0.15) is 5.75 Å². The number of alkyl halides is 1. The zero-order chi connectivity index (χ0) is 14.0. The Morgan fingerprint density at radius 1 is 1.05 bits per heavy atom. The molecular weight excluding hydrogens is 347 g/mol. The second-order valence-electron chi connectivity index (χ2n) is 4.27. The van der Waals surface area contributed by atoms with Crippen molar-refractivity contribution in [2.75, 3.05) is 7.11 Å². The summed E-state index contributed by atoms with van der Waals surface area (Å²) in [7, 11) is 1.64. The molecule has 1 atom stereocenters. The third-order valence-corrected chi connectivity index (χ3v) is 4.44. The quantitative estimate of drug-likeness (QED) is 0.629. The molecule has 19 heavy (non-hydrogen) atoms. The molecule has 2 aromatic rings. The Balaban J connectivity index is 2.49. The number of rotatable bonds is 3. The largest absolute Gasteiger partial charge is 0.496 e. The Kier molecular flexibility index (Phi) is 4.77. The summed E-state index contributed by atoms with van der Waals surface area (Å²) in [6, 6.07) is 11.5. The van der Waals surface area contributed by atoms with Crippen LogP contribution in [0.3, 0.4) is 0 Å². The lowest BCUT2D eigenvalue weighted by atomic mass is 10.0. The van der Waals surface area contributed by atoms with E-state index in [0.717, 1.165) is 27.5 Å². The first kappa shape index (κ1) is 14.7. The molecule has 2 rings (SSSR count). The molecule has 1 nitrogen and oxygen atoms in total. The predicted molar refractivity (Wildman–Crippen MR) is 85.0 cm³/mol. The van der Waals surface area contributed by atoms with Gasteiger partial charge < -0.3 is 4.74 Å². The summed E-state index contributed by atoms with van der Waals surface area (Å²) in [5.74, 6) is 0.780. The van der Waals surface area contributed by atoms with Gasteiger partial charge >= 0.3 is 0 Å². The number of benzene rings is 2. The van der Waals surface area contributed by atoms with E-state index in [1.54, 1.807) is 13.2 Å². The lowest BCUT2D eigenvalue weighted by Crippen LogP contribution is -1.98. The number of aryl methyl sites for hydroxylation is 1. The van der Waals surface area contributed by atoms with Gasteiger partial charge in [-0.2, -0.15) is 0 Å². The second kappa shape index (κ2) is 6.17. The molecule has 2 aromatic carbocycles. The Labute approximate surface area is 131 Å². The molecule has 0 aliphatic heterocycles. The van der Waals surface area contributed by atoms with Gasteiger partial charge in [0, 0.05) is 15.6 Å². The molecule has 0 bridgehead atoms. The average molecular weight is 360 g/mol. The van der Waals surface area contributed by atoms with E-state index in [-0.39, 0.29) is 4.83 Å². The number of ether oxygens (including phenoxy) is 1. The molecule has 0 amide bonds. The Morgan fingerprint density at radius 2 is 1.79 bits per heavy atom. The van der Waals surface area contributed by atoms with Crippen LogP contribution in [0, 0.1) is 6.92 Å². The maximum Gasteiger partial charge on any atom is 0.123 e. The highest BCUT2D eigenvalue weighted by Crippen LogP contribution is 2.40. The maximum atomic E-state index is 6.31. The first-order valence-corrected chi connectivity index (χ1v) is 7.43. The first-order valence-electron chi connectivity index (χ1n) is 5.76. The lowest BCUT2D eigenvalue weighted by molar-refractivity contribution is 0.410. The van der Waals surface area contributed by atoms with Crippen LogP contribution < -0.4 is 4.74 Å². The maximum absolute atomic E-state index is 6.31. The molecule has 0 aliphatic carbocycles. The van der Waals surface area contributed by atoms with Crippen LogP contribution in [-0.4, -0.2) is 7.11 Å². The molecule has 0 aliphatic rings. The van der Waals surface area contributed by atoms with Crippen molar-refractivity contribution >= 4 is 39.1 Å². The number of hydrogen-bond acceptors (Lipinski definition) is 1. The average Bonchev–Trinajstić information content (AvgIpc) is 2.38. The van der Waals surface area contributed by atoms with Crippen molar-refractivity contribution < 1.29 is 4.74 Å². The molecule has 0 spiro atoms. The van der Waals surface area contributed by atoms with Crippen molar-refractivity contribution in [3.05, 3.63) is 63.1 Å². The summed E-state index contributed by atoms with van der Waals surface area (Å²) in [5.41, 5.74) is 3.08. The van der Waals surface area contributed by atoms with Gasteiger partial charge in [0.2, 0.25) is 0 Å². The van der Waals surface area contributed by atoms with E-state index in [4.69, 9.17) is 27.9 Å². The molecule has 0 radical (unpaired) electrons. The van der Waals surface area contributed by atoms with Gasteiger partial charge in [-0.15, -0.1) is 0 Å². The van der Waals surface area contributed by atoms with E-state index in [9.17, 15) is 0 Å². The van der Waals surface area contributed by atoms with Gasteiger partial charge in [-0.05, 0) is 42.3 Å². The summed E-state index contributed by atoms with van der Waals surface area (Å²) < 4.78 is 5.37. The third-order valence-electron chi connectivity index (χ3n) is 2.89. The van der Waals surface area contributed by atoms with Crippen LogP contribution in [0.15, 0.2) is 36.4 Å². The van der Waals surface area contributed by atoms with E-state index in [0.29, 0.717) is 5.02 Å². The fourth-order valence-electron chi connectivity index (χ4n) is 1.91. The summed E-state index contributed by atoms with van der Waals surface area (Å²) in [4.78, 5) is -0.0609. The molecular formula is C15H13BrCl2O. The van der Waals surface area contributed by atoms with E-state index < -0.39 is 0 Å². The normalized spacial score (nSPS) is 12.3. The minimum Gasteiger partial charge on any atom is -0.496 e. The molecule has 0 saturated carbocycles. The van der Waals surface area contributed by atoms with Crippen molar-refractivity contribution in [2.45, 2.75) is 11.8 Å². The molecule has 0 fully saturated rings. The fourth-order valence-corrected chi connectivity index (χ4v) is 3.32. The molecule has 4 heteroatoms. The number of hydrogen-bond donors (Lipinski definition) is 0. The smallest absolute Gasteiger partial charge is 0.123 e. The van der Waals surface area contributed by atoms with Gasteiger partial charge in [-0.25, -0.2) is 0 Å². The highest BCUT2D eigenvalue weighted by atomic mass is 79.9. The van der Waals surface area contributed by atoms with E-state index in [1.165, 1.54) is 0 Å². The summed E-state index contributed by atoms with van der Waals surface area (Å²) in [5, 5.41) is 1.40. The minimum absolute atomic E-state index is 0.0609. The summed E-state index contributed by atoms with van der Waals surface area (Å²) in [6.45, 7) is 2.01. The van der Waals surface area contributed by atoms with E-state index in [1.807, 2.05) is 37.3 Å². The van der Waals surface area contributed by atoms with Crippen molar-refractivity contribution in [3.63, 3.8) is 0 Å². The molecule has 0 saturated heterocycles. The standard InChI is InChI=1S/C15H13BrCl2O/c1-9-3-5-11(13(18)7-9)15(16)12-8-10(17)4-6-14(12)19-2/h3-8,15H,1-2H3. The van der Waals surface area contributed by atoms with Crippen molar-refractivity contribution in [1.82, 2.24) is 0 Å². The van der Waals surface area contributed by atoms with Gasteiger partial charge in [0.25, 0.3) is 0 Å².